The van der Waals surface area contributed by atoms with Crippen LogP contribution in [0.5, 0.6) is 11.6 Å². The molecule has 0 radical (unpaired) electrons. The van der Waals surface area contributed by atoms with Crippen molar-refractivity contribution in [3.8, 4) is 11.6 Å². The van der Waals surface area contributed by atoms with Gasteiger partial charge in [-0.05, 0) is 45.4 Å². The molecule has 1 aliphatic heterocycles. The number of hydrogen-bond acceptors (Lipinski definition) is 7. The minimum atomic E-state index is -0.0988. The van der Waals surface area contributed by atoms with Crippen LogP contribution in [-0.2, 0) is 4.74 Å². The average molecular weight is 403 g/mol. The number of fused-ring (bicyclic) bond motifs is 1. The van der Waals surface area contributed by atoms with E-state index < -0.39 is 0 Å². The number of hydrogen-bond donors (Lipinski definition) is 1. The molecule has 7 nitrogen and oxygen atoms in total. The van der Waals surface area contributed by atoms with E-state index in [2.05, 4.69) is 41.0 Å². The highest BCUT2D eigenvalue weighted by atomic mass is 32.1. The van der Waals surface area contributed by atoms with Crippen molar-refractivity contribution >= 4 is 16.3 Å². The summed E-state index contributed by atoms with van der Waals surface area (Å²) in [5, 5.41) is 15.2. The molecule has 3 aromatic rings. The molecule has 0 bridgehead atoms. The fourth-order valence-corrected chi connectivity index (χ4v) is 5.06. The fourth-order valence-electron chi connectivity index (χ4n) is 3.90. The summed E-state index contributed by atoms with van der Waals surface area (Å²) >= 11 is 1.48. The van der Waals surface area contributed by atoms with Crippen molar-refractivity contribution in [3.05, 3.63) is 40.5 Å². The first kappa shape index (κ1) is 19.2. The lowest BCUT2D eigenvalue weighted by Crippen LogP contribution is -2.47. The van der Waals surface area contributed by atoms with Crippen molar-refractivity contribution < 1.29 is 14.6 Å². The Hall–Kier alpha value is -2.16. The maximum absolute atomic E-state index is 10.9. The molecular weight excluding hydrogens is 376 g/mol. The second-order valence-electron chi connectivity index (χ2n) is 7.26. The lowest BCUT2D eigenvalue weighted by atomic mass is 10.0. The molecule has 4 rings (SSSR count). The van der Waals surface area contributed by atoms with Crippen LogP contribution in [0.3, 0.4) is 0 Å². The van der Waals surface area contributed by atoms with Gasteiger partial charge in [0.2, 0.25) is 10.8 Å². The summed E-state index contributed by atoms with van der Waals surface area (Å²) in [5.41, 5.74) is 1.10. The standard InChI is InChI=1S/C20H26N4O3S/c1-5-26-16-8-6-15(7-9-16)17(23-10-12(2)27-13(3)11-23)18-19(25)24-20(28-18)21-14(4)22-24/h6-9,12-13,17,25H,5,10-11H2,1-4H3/t12-,13+,17-/m0/s1. The number of nitrogens with zero attached hydrogens (tertiary/aromatic N) is 4. The Morgan fingerprint density at radius 3 is 2.54 bits per heavy atom. The lowest BCUT2D eigenvalue weighted by Gasteiger charge is -2.40. The van der Waals surface area contributed by atoms with E-state index in [0.717, 1.165) is 29.3 Å². The molecule has 1 aromatic carbocycles. The third-order valence-corrected chi connectivity index (χ3v) is 5.95. The van der Waals surface area contributed by atoms with Gasteiger partial charge in [0.05, 0.1) is 29.7 Å². The fraction of sp³-hybridized carbons (Fsp3) is 0.500. The number of thiazole rings is 1. The van der Waals surface area contributed by atoms with Crippen molar-refractivity contribution in [3.63, 3.8) is 0 Å². The van der Waals surface area contributed by atoms with E-state index >= 15 is 0 Å². The monoisotopic (exact) mass is 402 g/mol. The van der Waals surface area contributed by atoms with Gasteiger partial charge in [0.1, 0.15) is 11.6 Å². The van der Waals surface area contributed by atoms with Crippen LogP contribution in [0.15, 0.2) is 24.3 Å². The Morgan fingerprint density at radius 2 is 1.93 bits per heavy atom. The molecule has 1 N–H and O–H groups in total. The topological polar surface area (TPSA) is 72.1 Å². The molecule has 3 heterocycles. The first-order valence-electron chi connectivity index (χ1n) is 9.63. The molecule has 0 unspecified atom stereocenters. The molecule has 28 heavy (non-hydrogen) atoms. The zero-order chi connectivity index (χ0) is 19.8. The number of aromatic nitrogens is 3. The highest BCUT2D eigenvalue weighted by Crippen LogP contribution is 2.41. The normalized spacial score (nSPS) is 21.9. The Labute approximate surface area is 168 Å². The van der Waals surface area contributed by atoms with Crippen LogP contribution in [0.4, 0.5) is 0 Å². The molecule has 8 heteroatoms. The van der Waals surface area contributed by atoms with Gasteiger partial charge in [-0.25, -0.2) is 4.98 Å². The van der Waals surface area contributed by atoms with Crippen LogP contribution in [0.2, 0.25) is 0 Å². The van der Waals surface area contributed by atoms with Gasteiger partial charge < -0.3 is 14.6 Å². The molecule has 3 atom stereocenters. The molecule has 150 valence electrons. The van der Waals surface area contributed by atoms with Crippen molar-refractivity contribution in [1.29, 1.82) is 0 Å². The van der Waals surface area contributed by atoms with Crippen molar-refractivity contribution in [2.75, 3.05) is 19.7 Å². The van der Waals surface area contributed by atoms with E-state index in [0.29, 0.717) is 17.4 Å². The first-order valence-corrected chi connectivity index (χ1v) is 10.4. The van der Waals surface area contributed by atoms with Crippen LogP contribution in [-0.4, -0.2) is 56.5 Å². The quantitative estimate of drug-likeness (QED) is 0.705. The summed E-state index contributed by atoms with van der Waals surface area (Å²) < 4.78 is 13.1. The summed E-state index contributed by atoms with van der Waals surface area (Å²) in [4.78, 5) is 8.35. The number of ether oxygens (including phenoxy) is 2. The Morgan fingerprint density at radius 1 is 1.25 bits per heavy atom. The summed E-state index contributed by atoms with van der Waals surface area (Å²) in [6.45, 7) is 10.2. The summed E-state index contributed by atoms with van der Waals surface area (Å²) in [7, 11) is 0. The zero-order valence-electron chi connectivity index (χ0n) is 16.6. The van der Waals surface area contributed by atoms with Crippen LogP contribution in [0.25, 0.3) is 4.96 Å². The summed E-state index contributed by atoms with van der Waals surface area (Å²) in [5.74, 6) is 1.65. The van der Waals surface area contributed by atoms with Crippen molar-refractivity contribution in [1.82, 2.24) is 19.5 Å². The largest absolute Gasteiger partial charge is 0.494 e. The maximum Gasteiger partial charge on any atom is 0.230 e. The molecule has 0 spiro atoms. The van der Waals surface area contributed by atoms with Gasteiger partial charge >= 0.3 is 0 Å². The van der Waals surface area contributed by atoms with Crippen molar-refractivity contribution in [2.24, 2.45) is 0 Å². The zero-order valence-corrected chi connectivity index (χ0v) is 17.4. The van der Waals surface area contributed by atoms with E-state index in [1.165, 1.54) is 15.9 Å². The first-order chi connectivity index (χ1) is 13.5. The molecule has 0 amide bonds. The van der Waals surface area contributed by atoms with Crippen LogP contribution >= 0.6 is 11.3 Å². The number of benzene rings is 1. The third kappa shape index (κ3) is 3.59. The number of aromatic hydroxyl groups is 1. The average Bonchev–Trinajstić information content (AvgIpc) is 3.14. The molecule has 1 fully saturated rings. The van der Waals surface area contributed by atoms with E-state index in [4.69, 9.17) is 9.47 Å². The van der Waals surface area contributed by atoms with Crippen LogP contribution in [0, 0.1) is 6.92 Å². The Kier molecular flexibility index (Phi) is 5.27. The molecule has 2 aromatic heterocycles. The van der Waals surface area contributed by atoms with Crippen molar-refractivity contribution in [2.45, 2.75) is 45.9 Å². The smallest absolute Gasteiger partial charge is 0.230 e. The molecule has 1 saturated heterocycles. The molecule has 0 saturated carbocycles. The molecule has 1 aliphatic rings. The maximum atomic E-state index is 10.9. The van der Waals surface area contributed by atoms with E-state index in [9.17, 15) is 5.11 Å². The minimum absolute atomic E-state index is 0.0988. The van der Waals surface area contributed by atoms with Crippen LogP contribution in [0.1, 0.15) is 43.1 Å². The van der Waals surface area contributed by atoms with Gasteiger partial charge in [-0.15, -0.1) is 5.10 Å². The van der Waals surface area contributed by atoms with E-state index in [1.807, 2.05) is 26.0 Å². The molecular formula is C20H26N4O3S. The second-order valence-corrected chi connectivity index (χ2v) is 8.27. The summed E-state index contributed by atoms with van der Waals surface area (Å²) in [6.07, 6.45) is 0.251. The van der Waals surface area contributed by atoms with Gasteiger partial charge in [-0.3, -0.25) is 4.90 Å². The van der Waals surface area contributed by atoms with Gasteiger partial charge in [0.25, 0.3) is 0 Å². The Balaban J connectivity index is 1.78. The van der Waals surface area contributed by atoms with Gasteiger partial charge in [-0.1, -0.05) is 23.5 Å². The Bertz CT molecular complexity index is 942. The second kappa shape index (κ2) is 7.69. The van der Waals surface area contributed by atoms with Crippen LogP contribution < -0.4 is 4.74 Å². The van der Waals surface area contributed by atoms with Gasteiger partial charge in [-0.2, -0.15) is 4.52 Å². The summed E-state index contributed by atoms with van der Waals surface area (Å²) in [6, 6.07) is 8.01. The number of rotatable bonds is 5. The predicted molar refractivity (Wildman–Crippen MR) is 108 cm³/mol. The highest BCUT2D eigenvalue weighted by molar-refractivity contribution is 7.17. The lowest BCUT2D eigenvalue weighted by molar-refractivity contribution is -0.0764. The minimum Gasteiger partial charge on any atom is -0.494 e. The van der Waals surface area contributed by atoms with Gasteiger partial charge in [0.15, 0.2) is 0 Å². The predicted octanol–water partition coefficient (Wildman–Crippen LogP) is 3.40. The van der Waals surface area contributed by atoms with E-state index in [1.54, 1.807) is 0 Å². The van der Waals surface area contributed by atoms with Gasteiger partial charge in [0, 0.05) is 13.1 Å². The third-order valence-electron chi connectivity index (χ3n) is 4.87. The number of morpholine rings is 1. The molecule has 0 aliphatic carbocycles. The van der Waals surface area contributed by atoms with E-state index in [-0.39, 0.29) is 24.1 Å². The number of aryl methyl sites for hydroxylation is 1. The SMILES string of the molecule is CCOc1ccc([C@@H](c2sc3nc(C)nn3c2O)N2C[C@@H](C)O[C@@H](C)C2)cc1. The highest BCUT2D eigenvalue weighted by Gasteiger charge is 2.34.